The highest BCUT2D eigenvalue weighted by Gasteiger charge is 2.26. The van der Waals surface area contributed by atoms with Crippen molar-refractivity contribution in [3.8, 4) is 0 Å². The van der Waals surface area contributed by atoms with E-state index in [1.807, 2.05) is 0 Å². The van der Waals surface area contributed by atoms with Crippen molar-refractivity contribution < 1.29 is 0 Å². The lowest BCUT2D eigenvalue weighted by molar-refractivity contribution is 0.103. The normalized spacial score (nSPS) is 27.1. The average molecular weight is 311 g/mol. The second kappa shape index (κ2) is 6.18. The Labute approximate surface area is 119 Å². The van der Waals surface area contributed by atoms with Crippen molar-refractivity contribution in [3.63, 3.8) is 0 Å². The van der Waals surface area contributed by atoms with Crippen molar-refractivity contribution in [2.45, 2.75) is 45.3 Å². The van der Waals surface area contributed by atoms with Crippen LogP contribution in [0.15, 0.2) is 28.7 Å². The Morgan fingerprint density at radius 3 is 2.67 bits per heavy atom. The molecule has 1 fully saturated rings. The monoisotopic (exact) mass is 310 g/mol. The number of hydrogen-bond donors (Lipinski definition) is 1. The van der Waals surface area contributed by atoms with Crippen LogP contribution in [0.3, 0.4) is 0 Å². The van der Waals surface area contributed by atoms with Crippen LogP contribution in [0, 0.1) is 0 Å². The van der Waals surface area contributed by atoms with Gasteiger partial charge in [0.05, 0.1) is 0 Å². The molecule has 3 unspecified atom stereocenters. The standard InChI is InChI=1S/C15H23BrN2/c1-11-10-18(13(3)9-17-11)12(2)8-14-4-6-15(16)7-5-14/h4-7,11-13,17H,8-10H2,1-3H3. The van der Waals surface area contributed by atoms with Crippen LogP contribution in [0.4, 0.5) is 0 Å². The van der Waals surface area contributed by atoms with Crippen molar-refractivity contribution in [2.24, 2.45) is 0 Å². The molecule has 2 nitrogen and oxygen atoms in total. The number of hydrogen-bond acceptors (Lipinski definition) is 2. The predicted octanol–water partition coefficient (Wildman–Crippen LogP) is 3.06. The third-order valence-electron chi connectivity index (χ3n) is 3.82. The summed E-state index contributed by atoms with van der Waals surface area (Å²) in [6.07, 6.45) is 1.13. The molecule has 0 bridgehead atoms. The van der Waals surface area contributed by atoms with E-state index < -0.39 is 0 Å². The van der Waals surface area contributed by atoms with Crippen molar-refractivity contribution >= 4 is 15.9 Å². The van der Waals surface area contributed by atoms with E-state index in [2.05, 4.69) is 71.2 Å². The van der Waals surface area contributed by atoms with Gasteiger partial charge in [-0.15, -0.1) is 0 Å². The van der Waals surface area contributed by atoms with Crippen LogP contribution in [0.5, 0.6) is 0 Å². The molecule has 2 rings (SSSR count). The molecule has 1 aliphatic heterocycles. The van der Waals surface area contributed by atoms with Crippen LogP contribution < -0.4 is 5.32 Å². The minimum atomic E-state index is 0.603. The number of halogens is 1. The molecule has 0 spiro atoms. The van der Waals surface area contributed by atoms with E-state index in [-0.39, 0.29) is 0 Å². The highest BCUT2D eigenvalue weighted by atomic mass is 79.9. The highest BCUT2D eigenvalue weighted by Crippen LogP contribution is 2.17. The van der Waals surface area contributed by atoms with Gasteiger partial charge < -0.3 is 5.32 Å². The molecule has 3 atom stereocenters. The van der Waals surface area contributed by atoms with Crippen molar-refractivity contribution in [3.05, 3.63) is 34.3 Å². The first kappa shape index (κ1) is 14.0. The lowest BCUT2D eigenvalue weighted by atomic mass is 10.0. The van der Waals surface area contributed by atoms with Crippen LogP contribution in [0.2, 0.25) is 0 Å². The Kier molecular flexibility index (Phi) is 4.82. The summed E-state index contributed by atoms with van der Waals surface area (Å²) in [5.74, 6) is 0. The Morgan fingerprint density at radius 1 is 1.33 bits per heavy atom. The molecule has 0 saturated carbocycles. The number of rotatable bonds is 3. The molecule has 1 aromatic carbocycles. The van der Waals surface area contributed by atoms with Crippen LogP contribution in [-0.4, -0.2) is 36.1 Å². The molecule has 1 saturated heterocycles. The molecule has 0 radical (unpaired) electrons. The van der Waals surface area contributed by atoms with Crippen molar-refractivity contribution in [2.75, 3.05) is 13.1 Å². The van der Waals surface area contributed by atoms with Gasteiger partial charge in [0.2, 0.25) is 0 Å². The van der Waals surface area contributed by atoms with E-state index in [1.165, 1.54) is 5.56 Å². The molecule has 3 heteroatoms. The second-order valence-corrected chi connectivity index (χ2v) is 6.45. The third kappa shape index (κ3) is 3.56. The van der Waals surface area contributed by atoms with E-state index in [9.17, 15) is 0 Å². The first-order valence-electron chi connectivity index (χ1n) is 6.80. The maximum atomic E-state index is 3.54. The van der Waals surface area contributed by atoms with E-state index in [1.54, 1.807) is 0 Å². The molecule has 1 aliphatic rings. The van der Waals surface area contributed by atoms with Gasteiger partial charge in [-0.3, -0.25) is 4.90 Å². The summed E-state index contributed by atoms with van der Waals surface area (Å²) in [7, 11) is 0. The smallest absolute Gasteiger partial charge is 0.0196 e. The molecule has 1 N–H and O–H groups in total. The summed E-state index contributed by atoms with van der Waals surface area (Å²) in [6.45, 7) is 9.18. The second-order valence-electron chi connectivity index (χ2n) is 5.53. The quantitative estimate of drug-likeness (QED) is 0.923. The maximum Gasteiger partial charge on any atom is 0.0196 e. The lowest BCUT2D eigenvalue weighted by Gasteiger charge is -2.41. The fourth-order valence-corrected chi connectivity index (χ4v) is 3.01. The van der Waals surface area contributed by atoms with Crippen LogP contribution in [0.25, 0.3) is 0 Å². The molecule has 0 aliphatic carbocycles. The molecular formula is C15H23BrN2. The zero-order chi connectivity index (χ0) is 13.1. The molecule has 0 amide bonds. The van der Waals surface area contributed by atoms with Crippen LogP contribution in [0.1, 0.15) is 26.3 Å². The zero-order valence-electron chi connectivity index (χ0n) is 11.5. The van der Waals surface area contributed by atoms with Crippen LogP contribution >= 0.6 is 15.9 Å². The van der Waals surface area contributed by atoms with Gasteiger partial charge in [0.1, 0.15) is 0 Å². The van der Waals surface area contributed by atoms with Gasteiger partial charge in [-0.05, 0) is 44.9 Å². The Morgan fingerprint density at radius 2 is 2.00 bits per heavy atom. The van der Waals surface area contributed by atoms with Gasteiger partial charge in [0.25, 0.3) is 0 Å². The highest BCUT2D eigenvalue weighted by molar-refractivity contribution is 9.10. The fourth-order valence-electron chi connectivity index (χ4n) is 2.74. The third-order valence-corrected chi connectivity index (χ3v) is 4.35. The van der Waals surface area contributed by atoms with Gasteiger partial charge in [-0.1, -0.05) is 28.1 Å². The molecule has 100 valence electrons. The molecule has 1 aromatic rings. The van der Waals surface area contributed by atoms with E-state index >= 15 is 0 Å². The van der Waals surface area contributed by atoms with Gasteiger partial charge in [-0.25, -0.2) is 0 Å². The maximum absolute atomic E-state index is 3.54. The largest absolute Gasteiger partial charge is 0.311 e. The van der Waals surface area contributed by atoms with Gasteiger partial charge >= 0.3 is 0 Å². The molecule has 0 aromatic heterocycles. The topological polar surface area (TPSA) is 15.3 Å². The molecule has 18 heavy (non-hydrogen) atoms. The van der Waals surface area contributed by atoms with E-state index in [4.69, 9.17) is 0 Å². The van der Waals surface area contributed by atoms with Crippen molar-refractivity contribution in [1.29, 1.82) is 0 Å². The van der Waals surface area contributed by atoms with Crippen molar-refractivity contribution in [1.82, 2.24) is 10.2 Å². The summed E-state index contributed by atoms with van der Waals surface area (Å²) in [5, 5.41) is 3.54. The zero-order valence-corrected chi connectivity index (χ0v) is 13.1. The fraction of sp³-hybridized carbons (Fsp3) is 0.600. The summed E-state index contributed by atoms with van der Waals surface area (Å²) < 4.78 is 1.16. The Bertz CT molecular complexity index is 377. The Hall–Kier alpha value is -0.380. The number of benzene rings is 1. The first-order chi connectivity index (χ1) is 8.56. The minimum absolute atomic E-state index is 0.603. The van der Waals surface area contributed by atoms with Gasteiger partial charge in [0, 0.05) is 35.7 Å². The molecular weight excluding hydrogens is 288 g/mol. The SMILES string of the molecule is CC1CN(C(C)Cc2ccc(Br)cc2)C(C)CN1. The van der Waals surface area contributed by atoms with Crippen LogP contribution in [-0.2, 0) is 6.42 Å². The van der Waals surface area contributed by atoms with Gasteiger partial charge in [0.15, 0.2) is 0 Å². The summed E-state index contributed by atoms with van der Waals surface area (Å²) in [6, 6.07) is 10.5. The van der Waals surface area contributed by atoms with E-state index in [0.29, 0.717) is 18.1 Å². The number of nitrogens with one attached hydrogen (secondary N) is 1. The Balaban J connectivity index is 1.98. The minimum Gasteiger partial charge on any atom is -0.311 e. The van der Waals surface area contributed by atoms with Gasteiger partial charge in [-0.2, -0.15) is 0 Å². The van der Waals surface area contributed by atoms with E-state index in [0.717, 1.165) is 24.0 Å². The first-order valence-corrected chi connectivity index (χ1v) is 7.59. The lowest BCUT2D eigenvalue weighted by Crippen LogP contribution is -2.57. The summed E-state index contributed by atoms with van der Waals surface area (Å²) >= 11 is 3.49. The summed E-state index contributed by atoms with van der Waals surface area (Å²) in [5.41, 5.74) is 1.42. The molecule has 1 heterocycles. The number of piperazine rings is 1. The predicted molar refractivity (Wildman–Crippen MR) is 80.9 cm³/mol. The average Bonchev–Trinajstić information content (AvgIpc) is 2.35. The number of nitrogens with zero attached hydrogens (tertiary/aromatic N) is 1. The summed E-state index contributed by atoms with van der Waals surface area (Å²) in [4.78, 5) is 2.63.